The van der Waals surface area contributed by atoms with E-state index in [2.05, 4.69) is 142 Å². The molecule has 6 heteroatoms. The van der Waals surface area contributed by atoms with Gasteiger partial charge in [0, 0.05) is 19.3 Å². The molecule has 0 saturated heterocycles. The van der Waals surface area contributed by atoms with Crippen LogP contribution in [0.5, 0.6) is 0 Å². The first-order valence-corrected chi connectivity index (χ1v) is 29.0. The Kier molecular flexibility index (Phi) is 54.9. The van der Waals surface area contributed by atoms with Gasteiger partial charge in [-0.15, -0.1) is 0 Å². The van der Waals surface area contributed by atoms with Crippen LogP contribution < -0.4 is 0 Å². The van der Waals surface area contributed by atoms with Gasteiger partial charge >= 0.3 is 17.9 Å². The summed E-state index contributed by atoms with van der Waals surface area (Å²) in [5, 5.41) is 0. The van der Waals surface area contributed by atoms with Gasteiger partial charge in [-0.2, -0.15) is 0 Å². The smallest absolute Gasteiger partial charge is 0.306 e. The molecule has 0 aromatic carbocycles. The van der Waals surface area contributed by atoms with E-state index in [0.29, 0.717) is 19.3 Å². The zero-order valence-corrected chi connectivity index (χ0v) is 45.9. The van der Waals surface area contributed by atoms with Gasteiger partial charge in [0.25, 0.3) is 0 Å². The molecular formula is C65H106O6. The Labute approximate surface area is 437 Å². The van der Waals surface area contributed by atoms with Crippen LogP contribution in [0, 0.1) is 0 Å². The second-order valence-corrected chi connectivity index (χ2v) is 18.8. The van der Waals surface area contributed by atoms with E-state index in [1.165, 1.54) is 77.0 Å². The van der Waals surface area contributed by atoms with E-state index >= 15 is 0 Å². The standard InChI is InChI=1S/C65H106O6/c1-4-7-10-13-16-18-20-22-24-26-28-30-32-34-36-38-40-42-44-46-49-52-55-58-64(67)70-61-62(60-69-63(66)57-54-51-48-15-12-9-6-3)71-65(68)59-56-53-50-47-45-43-41-39-37-35-33-31-29-27-25-23-21-19-17-14-11-8-5-2/h7-8,10-11,16-19,22-25,28-31,34-37,62H,4-6,9,12-15,20-21,26-27,32-33,38-61H2,1-3H3/b10-7-,11-8-,18-16-,19-17-,24-22-,25-23-,30-28-,31-29-,36-34-,37-35-. The summed E-state index contributed by atoms with van der Waals surface area (Å²) in [6.45, 7) is 6.35. The minimum absolute atomic E-state index is 0.0882. The molecule has 0 aliphatic carbocycles. The van der Waals surface area contributed by atoms with Crippen molar-refractivity contribution in [2.45, 2.75) is 258 Å². The third-order valence-electron chi connectivity index (χ3n) is 12.0. The number of ether oxygens (including phenoxy) is 3. The van der Waals surface area contributed by atoms with Crippen LogP contribution in [-0.4, -0.2) is 37.2 Å². The van der Waals surface area contributed by atoms with Gasteiger partial charge in [-0.25, -0.2) is 0 Å². The van der Waals surface area contributed by atoms with Gasteiger partial charge in [-0.3, -0.25) is 14.4 Å². The Morgan fingerprint density at radius 3 is 0.859 bits per heavy atom. The highest BCUT2D eigenvalue weighted by Gasteiger charge is 2.19. The van der Waals surface area contributed by atoms with Crippen molar-refractivity contribution in [3.8, 4) is 0 Å². The van der Waals surface area contributed by atoms with Crippen molar-refractivity contribution in [3.05, 3.63) is 122 Å². The lowest BCUT2D eigenvalue weighted by atomic mass is 10.1. The molecule has 0 rings (SSSR count). The first kappa shape index (κ1) is 66.8. The number of carbonyl (C=O) groups excluding carboxylic acids is 3. The van der Waals surface area contributed by atoms with Crippen LogP contribution in [-0.2, 0) is 28.6 Å². The minimum Gasteiger partial charge on any atom is -0.462 e. The van der Waals surface area contributed by atoms with Crippen LogP contribution >= 0.6 is 0 Å². The third-order valence-corrected chi connectivity index (χ3v) is 12.0. The van der Waals surface area contributed by atoms with Crippen molar-refractivity contribution < 1.29 is 28.6 Å². The number of carbonyl (C=O) groups is 3. The number of rotatable bonds is 51. The average molecular weight is 984 g/mol. The maximum Gasteiger partial charge on any atom is 0.306 e. The summed E-state index contributed by atoms with van der Waals surface area (Å²) in [5.41, 5.74) is 0. The molecular weight excluding hydrogens is 877 g/mol. The van der Waals surface area contributed by atoms with Crippen molar-refractivity contribution in [2.24, 2.45) is 0 Å². The van der Waals surface area contributed by atoms with Gasteiger partial charge < -0.3 is 14.2 Å². The second kappa shape index (κ2) is 58.4. The van der Waals surface area contributed by atoms with Crippen molar-refractivity contribution in [1.29, 1.82) is 0 Å². The van der Waals surface area contributed by atoms with Gasteiger partial charge in [0.1, 0.15) is 13.2 Å². The third kappa shape index (κ3) is 56.6. The molecule has 0 amide bonds. The molecule has 0 saturated carbocycles. The molecule has 1 unspecified atom stereocenters. The number of hydrogen-bond donors (Lipinski definition) is 0. The van der Waals surface area contributed by atoms with E-state index in [-0.39, 0.29) is 31.1 Å². The molecule has 0 aliphatic heterocycles. The highest BCUT2D eigenvalue weighted by Crippen LogP contribution is 2.14. The maximum absolute atomic E-state index is 12.8. The number of unbranched alkanes of at least 4 members (excludes halogenated alkanes) is 20. The summed E-state index contributed by atoms with van der Waals surface area (Å²) in [5.74, 6) is -0.919. The summed E-state index contributed by atoms with van der Waals surface area (Å²) in [6, 6.07) is 0. The minimum atomic E-state index is -0.790. The summed E-state index contributed by atoms with van der Waals surface area (Å²) >= 11 is 0. The van der Waals surface area contributed by atoms with Crippen LogP contribution in [0.4, 0.5) is 0 Å². The molecule has 0 heterocycles. The van der Waals surface area contributed by atoms with Gasteiger partial charge in [0.05, 0.1) is 0 Å². The Morgan fingerprint density at radius 1 is 0.296 bits per heavy atom. The molecule has 0 radical (unpaired) electrons. The quantitative estimate of drug-likeness (QED) is 0.0261. The second-order valence-electron chi connectivity index (χ2n) is 18.8. The van der Waals surface area contributed by atoms with Gasteiger partial charge in [0.15, 0.2) is 6.10 Å². The molecule has 402 valence electrons. The molecule has 0 aliphatic rings. The van der Waals surface area contributed by atoms with E-state index in [0.717, 1.165) is 135 Å². The zero-order chi connectivity index (χ0) is 51.4. The first-order chi connectivity index (χ1) is 35.0. The summed E-state index contributed by atoms with van der Waals surface area (Å²) in [4.78, 5) is 38.0. The Morgan fingerprint density at radius 2 is 0.549 bits per heavy atom. The number of esters is 3. The van der Waals surface area contributed by atoms with E-state index in [1.54, 1.807) is 0 Å². The highest BCUT2D eigenvalue weighted by atomic mass is 16.6. The lowest BCUT2D eigenvalue weighted by molar-refractivity contribution is -0.167. The normalized spacial score (nSPS) is 13.0. The van der Waals surface area contributed by atoms with E-state index in [9.17, 15) is 14.4 Å². The van der Waals surface area contributed by atoms with Crippen LogP contribution in [0.2, 0.25) is 0 Å². The summed E-state index contributed by atoms with van der Waals surface area (Å²) in [6.07, 6.45) is 80.6. The largest absolute Gasteiger partial charge is 0.462 e. The van der Waals surface area contributed by atoms with Crippen molar-refractivity contribution in [2.75, 3.05) is 13.2 Å². The molecule has 71 heavy (non-hydrogen) atoms. The average Bonchev–Trinajstić information content (AvgIpc) is 3.37. The predicted octanol–water partition coefficient (Wildman–Crippen LogP) is 19.6. The Balaban J connectivity index is 4.27. The van der Waals surface area contributed by atoms with Crippen molar-refractivity contribution in [3.63, 3.8) is 0 Å². The molecule has 0 aromatic heterocycles. The Bertz CT molecular complexity index is 1500. The maximum atomic E-state index is 12.8. The van der Waals surface area contributed by atoms with Crippen LogP contribution in [0.15, 0.2) is 122 Å². The van der Waals surface area contributed by atoms with E-state index in [4.69, 9.17) is 14.2 Å². The fraction of sp³-hybridized carbons (Fsp3) is 0.646. The van der Waals surface area contributed by atoms with E-state index in [1.807, 2.05) is 0 Å². The fourth-order valence-electron chi connectivity index (χ4n) is 7.67. The van der Waals surface area contributed by atoms with Gasteiger partial charge in [-0.05, 0) is 109 Å². The zero-order valence-electron chi connectivity index (χ0n) is 45.9. The predicted molar refractivity (Wildman–Crippen MR) is 306 cm³/mol. The lowest BCUT2D eigenvalue weighted by Crippen LogP contribution is -2.30. The molecule has 0 bridgehead atoms. The Hall–Kier alpha value is -4.19. The molecule has 0 aromatic rings. The van der Waals surface area contributed by atoms with Crippen molar-refractivity contribution >= 4 is 17.9 Å². The molecule has 0 fully saturated rings. The van der Waals surface area contributed by atoms with Gasteiger partial charge in [-0.1, -0.05) is 245 Å². The van der Waals surface area contributed by atoms with Crippen LogP contribution in [0.1, 0.15) is 252 Å². The van der Waals surface area contributed by atoms with Crippen LogP contribution in [0.3, 0.4) is 0 Å². The van der Waals surface area contributed by atoms with Gasteiger partial charge in [0.2, 0.25) is 0 Å². The topological polar surface area (TPSA) is 78.9 Å². The summed E-state index contributed by atoms with van der Waals surface area (Å²) < 4.78 is 16.8. The number of hydrogen-bond acceptors (Lipinski definition) is 6. The first-order valence-electron chi connectivity index (χ1n) is 29.0. The molecule has 0 N–H and O–H groups in total. The highest BCUT2D eigenvalue weighted by molar-refractivity contribution is 5.71. The van der Waals surface area contributed by atoms with Crippen molar-refractivity contribution in [1.82, 2.24) is 0 Å². The molecule has 1 atom stereocenters. The van der Waals surface area contributed by atoms with E-state index < -0.39 is 6.10 Å². The lowest BCUT2D eigenvalue weighted by Gasteiger charge is -2.18. The summed E-state index contributed by atoms with van der Waals surface area (Å²) in [7, 11) is 0. The fourth-order valence-corrected chi connectivity index (χ4v) is 7.67. The molecule has 0 spiro atoms. The molecule has 6 nitrogen and oxygen atoms in total. The van der Waals surface area contributed by atoms with Crippen LogP contribution in [0.25, 0.3) is 0 Å². The SMILES string of the molecule is CC/C=C\C/C=C\C/C=C\C/C=C\C/C=C\CCCCCCCCCC(=O)OCC(COC(=O)CCCCCCCCC)OC(=O)CCCCCCCCC/C=C\C/C=C\C/C=C\C/C=C\C/C=C\CC. The number of allylic oxidation sites excluding steroid dienone is 20. The monoisotopic (exact) mass is 983 g/mol.